The van der Waals surface area contributed by atoms with Crippen molar-refractivity contribution < 1.29 is 23.7 Å². The number of ether oxygens (including phenoxy) is 4. The van der Waals surface area contributed by atoms with Gasteiger partial charge in [0.15, 0.2) is 5.69 Å². The Balaban J connectivity index is 1.38. The lowest BCUT2D eigenvalue weighted by molar-refractivity contribution is -0.0294. The Morgan fingerprint density at radius 2 is 1.55 bits per heavy atom. The third kappa shape index (κ3) is 7.76. The van der Waals surface area contributed by atoms with Crippen LogP contribution in [0.15, 0.2) is 73.1 Å². The van der Waals surface area contributed by atoms with E-state index in [0.717, 1.165) is 18.7 Å². The van der Waals surface area contributed by atoms with E-state index in [-0.39, 0.29) is 41.7 Å². The zero-order valence-corrected chi connectivity index (χ0v) is 28.9. The number of piperazine rings is 2. The molecular formula is C37H45N7O5. The number of rotatable bonds is 12. The summed E-state index contributed by atoms with van der Waals surface area (Å²) in [5.74, 6) is 1.12. The number of hydrogen-bond acceptors (Lipinski definition) is 11. The Morgan fingerprint density at radius 1 is 0.857 bits per heavy atom. The molecule has 0 saturated carbocycles. The highest BCUT2D eigenvalue weighted by Gasteiger charge is 2.43. The van der Waals surface area contributed by atoms with Crippen molar-refractivity contribution in [1.82, 2.24) is 34.6 Å². The van der Waals surface area contributed by atoms with E-state index in [9.17, 15) is 4.79 Å². The summed E-state index contributed by atoms with van der Waals surface area (Å²) < 4.78 is 22.9. The van der Waals surface area contributed by atoms with E-state index >= 15 is 0 Å². The minimum Gasteiger partial charge on any atom is -0.481 e. The first-order chi connectivity index (χ1) is 23.9. The number of carbonyl (C=O) groups is 1. The molecule has 2 saturated heterocycles. The molecule has 12 nitrogen and oxygen atoms in total. The topological polar surface area (TPSA) is 115 Å². The molecule has 0 bridgehead atoms. The number of aromatic nitrogens is 4. The lowest BCUT2D eigenvalue weighted by Crippen LogP contribution is -2.67. The predicted molar refractivity (Wildman–Crippen MR) is 184 cm³/mol. The van der Waals surface area contributed by atoms with E-state index in [4.69, 9.17) is 18.9 Å². The summed E-state index contributed by atoms with van der Waals surface area (Å²) in [6.45, 7) is 10.0. The van der Waals surface area contributed by atoms with Crippen LogP contribution >= 0.6 is 0 Å². The first kappa shape index (κ1) is 34.1. The fraction of sp³-hybridized carbons (Fsp3) is 0.432. The fourth-order valence-electron chi connectivity index (χ4n) is 6.96. The molecule has 0 N–H and O–H groups in total. The van der Waals surface area contributed by atoms with Gasteiger partial charge in [-0.05, 0) is 31.9 Å². The Hall–Kier alpha value is -4.81. The van der Waals surface area contributed by atoms with E-state index in [1.54, 1.807) is 7.11 Å². The van der Waals surface area contributed by atoms with Gasteiger partial charge in [-0.2, -0.15) is 9.97 Å². The van der Waals surface area contributed by atoms with Crippen molar-refractivity contribution in [3.8, 4) is 23.7 Å². The van der Waals surface area contributed by atoms with Crippen molar-refractivity contribution in [3.63, 3.8) is 0 Å². The number of fused-ring (bicyclic) bond motifs is 1. The van der Waals surface area contributed by atoms with Gasteiger partial charge < -0.3 is 23.8 Å². The van der Waals surface area contributed by atoms with Crippen LogP contribution in [0.2, 0.25) is 0 Å². The van der Waals surface area contributed by atoms with Crippen LogP contribution in [-0.2, 0) is 6.54 Å². The van der Waals surface area contributed by atoms with E-state index in [1.807, 2.05) is 25.7 Å². The third-order valence-corrected chi connectivity index (χ3v) is 9.01. The lowest BCUT2D eigenvalue weighted by Gasteiger charge is -2.53. The SMILES string of the molecule is CCOc1nc(OC)c(CN2C[C@@H]3CN(C(=O)c4cncc(OC)n4)CCN3[C@H](C(c3ccccc3)c3ccccc3)C2)c(OC(C)C)n1. The molecule has 0 radical (unpaired) electrons. The van der Waals surface area contributed by atoms with Gasteiger partial charge in [0.25, 0.3) is 5.91 Å². The maximum atomic E-state index is 13.8. The molecule has 2 aliphatic rings. The Labute approximate surface area is 288 Å². The smallest absolute Gasteiger partial charge is 0.323 e. The summed E-state index contributed by atoms with van der Waals surface area (Å²) in [6, 6.07) is 21.7. The van der Waals surface area contributed by atoms with Gasteiger partial charge in [-0.1, -0.05) is 60.7 Å². The number of hydrogen-bond donors (Lipinski definition) is 0. The average Bonchev–Trinajstić information content (AvgIpc) is 3.13. The minimum absolute atomic E-state index is 0.0361. The van der Waals surface area contributed by atoms with E-state index in [2.05, 4.69) is 90.4 Å². The molecule has 2 aromatic carbocycles. The van der Waals surface area contributed by atoms with Crippen molar-refractivity contribution in [3.05, 3.63) is 95.4 Å². The zero-order chi connectivity index (χ0) is 34.3. The fourth-order valence-corrected chi connectivity index (χ4v) is 6.96. The predicted octanol–water partition coefficient (Wildman–Crippen LogP) is 4.31. The van der Waals surface area contributed by atoms with Crippen LogP contribution in [0.3, 0.4) is 0 Å². The van der Waals surface area contributed by atoms with Crippen LogP contribution in [-0.4, -0.2) is 112 Å². The summed E-state index contributed by atoms with van der Waals surface area (Å²) in [5, 5.41) is 0. The quantitative estimate of drug-likeness (QED) is 0.215. The molecule has 4 heterocycles. The summed E-state index contributed by atoms with van der Waals surface area (Å²) >= 11 is 0. The number of amides is 1. The van der Waals surface area contributed by atoms with Gasteiger partial charge in [-0.25, -0.2) is 4.98 Å². The normalized spacial score (nSPS) is 18.3. The van der Waals surface area contributed by atoms with E-state index in [1.165, 1.54) is 30.6 Å². The van der Waals surface area contributed by atoms with Crippen LogP contribution in [0.1, 0.15) is 53.9 Å². The van der Waals surface area contributed by atoms with Crippen molar-refractivity contribution in [2.75, 3.05) is 53.6 Å². The van der Waals surface area contributed by atoms with Crippen LogP contribution in [0.25, 0.3) is 0 Å². The summed E-state index contributed by atoms with van der Waals surface area (Å²) in [6.07, 6.45) is 2.89. The number of methoxy groups -OCH3 is 2. The summed E-state index contributed by atoms with van der Waals surface area (Å²) in [5.41, 5.74) is 3.53. The highest BCUT2D eigenvalue weighted by atomic mass is 16.5. The molecule has 6 rings (SSSR count). The van der Waals surface area contributed by atoms with Crippen LogP contribution in [0.4, 0.5) is 0 Å². The molecule has 0 spiro atoms. The number of benzene rings is 2. The molecule has 2 aromatic heterocycles. The molecule has 0 unspecified atom stereocenters. The Kier molecular flexibility index (Phi) is 10.8. The lowest BCUT2D eigenvalue weighted by atomic mass is 9.81. The number of carbonyl (C=O) groups excluding carboxylic acids is 1. The molecule has 12 heteroatoms. The van der Waals surface area contributed by atoms with Gasteiger partial charge in [-0.15, -0.1) is 0 Å². The maximum absolute atomic E-state index is 13.8. The van der Waals surface area contributed by atoms with Gasteiger partial charge >= 0.3 is 6.01 Å². The van der Waals surface area contributed by atoms with Crippen molar-refractivity contribution in [2.24, 2.45) is 0 Å². The van der Waals surface area contributed by atoms with Gasteiger partial charge in [0.2, 0.25) is 17.6 Å². The second-order valence-electron chi connectivity index (χ2n) is 12.5. The standard InChI is InChI=1S/C37H45N7O5/c1-6-48-37-40-34(47-5)29(35(41-37)49-25(2)3)23-42-21-28-22-43(36(45)30-19-38-20-32(39-30)46-4)17-18-44(28)31(24-42)33(26-13-9-7-10-14-26)27-15-11-8-12-16-27/h7-16,19-20,25,28,31,33H,6,17-18,21-24H2,1-5H3/t28-,31+/m1/s1. The van der Waals surface area contributed by atoms with Gasteiger partial charge in [0.05, 0.1) is 44.9 Å². The van der Waals surface area contributed by atoms with Gasteiger partial charge in [0.1, 0.15) is 0 Å². The molecule has 49 heavy (non-hydrogen) atoms. The Bertz CT molecular complexity index is 1650. The molecule has 258 valence electrons. The Morgan fingerprint density at radius 3 is 2.18 bits per heavy atom. The van der Waals surface area contributed by atoms with Crippen LogP contribution in [0, 0.1) is 0 Å². The summed E-state index contributed by atoms with van der Waals surface area (Å²) in [4.78, 5) is 38.4. The summed E-state index contributed by atoms with van der Waals surface area (Å²) in [7, 11) is 3.13. The van der Waals surface area contributed by atoms with E-state index < -0.39 is 0 Å². The maximum Gasteiger partial charge on any atom is 0.323 e. The molecule has 2 atom stereocenters. The first-order valence-electron chi connectivity index (χ1n) is 16.9. The average molecular weight is 668 g/mol. The molecular weight excluding hydrogens is 622 g/mol. The molecule has 2 aliphatic heterocycles. The highest BCUT2D eigenvalue weighted by molar-refractivity contribution is 5.92. The van der Waals surface area contributed by atoms with Crippen LogP contribution in [0.5, 0.6) is 23.7 Å². The van der Waals surface area contributed by atoms with E-state index in [0.29, 0.717) is 50.4 Å². The highest BCUT2D eigenvalue weighted by Crippen LogP contribution is 2.38. The number of nitrogens with zero attached hydrogens (tertiary/aromatic N) is 7. The zero-order valence-electron chi connectivity index (χ0n) is 28.9. The molecule has 2 fully saturated rings. The van der Waals surface area contributed by atoms with Crippen molar-refractivity contribution in [1.29, 1.82) is 0 Å². The monoisotopic (exact) mass is 667 g/mol. The molecule has 1 amide bonds. The second-order valence-corrected chi connectivity index (χ2v) is 12.5. The first-order valence-corrected chi connectivity index (χ1v) is 16.9. The molecule has 0 aliphatic carbocycles. The van der Waals surface area contributed by atoms with Crippen molar-refractivity contribution >= 4 is 5.91 Å². The third-order valence-electron chi connectivity index (χ3n) is 9.01. The minimum atomic E-state index is -0.156. The van der Waals surface area contributed by atoms with Crippen LogP contribution < -0.4 is 18.9 Å². The largest absolute Gasteiger partial charge is 0.481 e. The second kappa shape index (κ2) is 15.6. The van der Waals surface area contributed by atoms with Gasteiger partial charge in [-0.3, -0.25) is 19.6 Å². The molecule has 4 aromatic rings. The van der Waals surface area contributed by atoms with Crippen molar-refractivity contribution in [2.45, 2.75) is 51.4 Å². The van der Waals surface area contributed by atoms with Gasteiger partial charge in [0, 0.05) is 57.3 Å².